The van der Waals surface area contributed by atoms with Crippen molar-refractivity contribution in [3.8, 4) is 34.1 Å². The molecule has 9 heterocycles. The third-order valence-corrected chi connectivity index (χ3v) is 15.2. The number of carbonyl (C=O) groups is 6. The van der Waals surface area contributed by atoms with Gasteiger partial charge in [-0.05, 0) is 88.5 Å². The first-order chi connectivity index (χ1) is 42.1. The number of allylic oxidation sites excluding steroid dienone is 2. The Morgan fingerprint density at radius 2 is 1.40 bits per heavy atom. The largest absolute Gasteiger partial charge is 0.490 e. The SMILES string of the molecule is Cc1noc(-c2nonc2NC(=O)C2CC(F)CN2C(=O)Cn2nc(C(N)=O)c3cc(C4=C[N-][NH+](Cc5cccc(-c6nc7c(NC(=O)C8CC(F)CN8C(=O)Cn8nc(C(N)=O)c9cc(-c%10ccnnc%10)ccc98)cccc7[nH]6)c5)C=C4)ccc32)n1. The number of benzene rings is 4. The maximum Gasteiger partial charge on any atom is 0.284 e. The van der Waals surface area contributed by atoms with Gasteiger partial charge in [0.1, 0.15) is 55.4 Å². The number of likely N-dealkylation sites (tertiary alicyclic amines) is 2. The van der Waals surface area contributed by atoms with Crippen LogP contribution in [0.2, 0.25) is 0 Å². The van der Waals surface area contributed by atoms with Crippen LogP contribution in [0.4, 0.5) is 20.3 Å². The topological polar surface area (TPSA) is 371 Å². The van der Waals surface area contributed by atoms with Crippen LogP contribution < -0.4 is 27.1 Å². The van der Waals surface area contributed by atoms with Crippen molar-refractivity contribution in [1.29, 1.82) is 0 Å². The molecule has 3 aliphatic rings. The van der Waals surface area contributed by atoms with E-state index in [9.17, 15) is 33.2 Å². The van der Waals surface area contributed by atoms with Crippen LogP contribution in [0, 0.1) is 6.92 Å². The number of rotatable bonds is 16. The highest BCUT2D eigenvalue weighted by atomic mass is 19.1. The van der Waals surface area contributed by atoms with Crippen LogP contribution in [0.1, 0.15) is 50.8 Å². The Hall–Kier alpha value is -11.4. The van der Waals surface area contributed by atoms with Crippen molar-refractivity contribution in [2.24, 2.45) is 11.5 Å². The Morgan fingerprint density at radius 1 is 0.736 bits per heavy atom. The maximum atomic E-state index is 15.2. The minimum Gasteiger partial charge on any atom is -0.490 e. The lowest BCUT2D eigenvalue weighted by Crippen LogP contribution is -3.01. The zero-order valence-electron chi connectivity index (χ0n) is 45.7. The minimum absolute atomic E-state index is 0.0515. The first kappa shape index (κ1) is 54.8. The molecule has 4 aromatic carbocycles. The average molecular weight is 1180 g/mol. The molecule has 13 rings (SSSR count). The Kier molecular flexibility index (Phi) is 14.0. The van der Waals surface area contributed by atoms with E-state index in [1.54, 1.807) is 80.0 Å². The first-order valence-electron chi connectivity index (χ1n) is 27.1. The van der Waals surface area contributed by atoms with E-state index in [1.165, 1.54) is 20.5 Å². The molecule has 28 nitrogen and oxygen atoms in total. The fourth-order valence-electron chi connectivity index (χ4n) is 11.1. The number of para-hydroxylation sites is 1. The number of fused-ring (bicyclic) bond motifs is 3. The number of nitrogens with one attached hydrogen (secondary N) is 4. The van der Waals surface area contributed by atoms with Crippen LogP contribution in [-0.4, -0.2) is 143 Å². The van der Waals surface area contributed by atoms with Crippen LogP contribution in [0.25, 0.3) is 77.9 Å². The van der Waals surface area contributed by atoms with Gasteiger partial charge in [-0.3, -0.25) is 38.1 Å². The van der Waals surface area contributed by atoms with Gasteiger partial charge in [-0.15, -0.1) is 6.20 Å². The van der Waals surface area contributed by atoms with E-state index in [-0.39, 0.29) is 54.7 Å². The summed E-state index contributed by atoms with van der Waals surface area (Å²) in [7, 11) is 0. The number of alkyl halides is 2. The number of aromatic amines is 1. The highest BCUT2D eigenvalue weighted by Gasteiger charge is 2.42. The second kappa shape index (κ2) is 22.3. The van der Waals surface area contributed by atoms with E-state index in [0.29, 0.717) is 73.4 Å². The van der Waals surface area contributed by atoms with Gasteiger partial charge < -0.3 is 51.8 Å². The quantitative estimate of drug-likeness (QED) is 0.0803. The van der Waals surface area contributed by atoms with E-state index >= 15 is 4.39 Å². The number of carbonyl (C=O) groups excluding carboxylic acids is 6. The summed E-state index contributed by atoms with van der Waals surface area (Å²) in [6, 6.07) is 22.6. The number of aromatic nitrogens is 12. The molecule has 2 saturated heterocycles. The lowest BCUT2D eigenvalue weighted by Gasteiger charge is -2.30. The molecule has 6 aromatic heterocycles. The van der Waals surface area contributed by atoms with E-state index in [2.05, 4.69) is 56.5 Å². The van der Waals surface area contributed by atoms with Crippen LogP contribution in [-0.2, 0) is 38.8 Å². The van der Waals surface area contributed by atoms with Gasteiger partial charge in [0.05, 0.1) is 53.9 Å². The summed E-state index contributed by atoms with van der Waals surface area (Å²) in [6.45, 7) is 0.470. The molecular formula is C57H48F2N20O8. The number of H-pyrrole nitrogens is 1. The molecule has 438 valence electrons. The molecular weight excluding hydrogens is 1130 g/mol. The third-order valence-electron chi connectivity index (χ3n) is 15.2. The zero-order valence-corrected chi connectivity index (χ0v) is 45.7. The van der Waals surface area contributed by atoms with Gasteiger partial charge in [-0.1, -0.05) is 41.6 Å². The Labute approximate surface area is 488 Å². The Bertz CT molecular complexity index is 4490. The second-order valence-corrected chi connectivity index (χ2v) is 20.9. The number of aryl methyl sites for hydroxylation is 1. The molecule has 0 saturated carbocycles. The number of quaternary nitrogens is 1. The summed E-state index contributed by atoms with van der Waals surface area (Å²) >= 11 is 0. The van der Waals surface area contributed by atoms with Crippen LogP contribution in [0.15, 0.2) is 125 Å². The molecule has 8 N–H and O–H groups in total. The molecule has 0 radical (unpaired) electrons. The van der Waals surface area contributed by atoms with E-state index < -0.39 is 73.0 Å². The highest BCUT2D eigenvalue weighted by molar-refractivity contribution is 6.07. The molecule has 0 spiro atoms. The molecule has 6 amide bonds. The summed E-state index contributed by atoms with van der Waals surface area (Å²) < 4.78 is 42.6. The summed E-state index contributed by atoms with van der Waals surface area (Å²) in [4.78, 5) is 95.2. The lowest BCUT2D eigenvalue weighted by atomic mass is 10.0. The molecule has 10 aromatic rings. The van der Waals surface area contributed by atoms with Crippen molar-refractivity contribution in [3.05, 3.63) is 150 Å². The van der Waals surface area contributed by atoms with E-state index in [1.807, 2.05) is 36.5 Å². The first-order valence-corrected chi connectivity index (χ1v) is 27.1. The predicted molar refractivity (Wildman–Crippen MR) is 304 cm³/mol. The van der Waals surface area contributed by atoms with Gasteiger partial charge in [-0.25, -0.2) is 18.4 Å². The smallest absolute Gasteiger partial charge is 0.284 e. The van der Waals surface area contributed by atoms with Gasteiger partial charge in [0.15, 0.2) is 17.2 Å². The molecule has 87 heavy (non-hydrogen) atoms. The number of hydrogen-bond donors (Lipinski definition) is 6. The number of amides is 6. The number of anilines is 2. The molecule has 0 aliphatic carbocycles. The van der Waals surface area contributed by atoms with Gasteiger partial charge in [-0.2, -0.15) is 25.4 Å². The monoisotopic (exact) mass is 1180 g/mol. The van der Waals surface area contributed by atoms with Crippen molar-refractivity contribution in [3.63, 3.8) is 0 Å². The second-order valence-electron chi connectivity index (χ2n) is 20.9. The lowest BCUT2D eigenvalue weighted by molar-refractivity contribution is -0.819. The number of primary amides is 2. The molecule has 5 atom stereocenters. The number of imidazole rings is 1. The molecule has 30 heteroatoms. The molecule has 2 fully saturated rings. The van der Waals surface area contributed by atoms with Crippen LogP contribution in [0.5, 0.6) is 0 Å². The minimum atomic E-state index is -1.52. The molecule has 3 aliphatic heterocycles. The summed E-state index contributed by atoms with van der Waals surface area (Å²) in [5.41, 5.74) is 22.7. The fraction of sp³-hybridized carbons (Fsp3) is 0.211. The Balaban J connectivity index is 0.653. The van der Waals surface area contributed by atoms with E-state index in [4.69, 9.17) is 31.0 Å². The van der Waals surface area contributed by atoms with Gasteiger partial charge in [0.2, 0.25) is 35.1 Å². The van der Waals surface area contributed by atoms with E-state index in [0.717, 1.165) is 26.6 Å². The van der Waals surface area contributed by atoms with Crippen molar-refractivity contribution < 1.29 is 51.7 Å². The normalized spacial score (nSPS) is 18.3. The Morgan fingerprint density at radius 3 is 2.03 bits per heavy atom. The summed E-state index contributed by atoms with van der Waals surface area (Å²) in [5.74, 6) is -3.68. The maximum absolute atomic E-state index is 15.2. The average Bonchev–Trinajstić information content (AvgIpc) is 1.89. The summed E-state index contributed by atoms with van der Waals surface area (Å²) in [5, 5.41) is 34.4. The number of hydrogen-bond acceptors (Lipinski definition) is 17. The number of nitrogens with zero attached hydrogens (tertiary/aromatic N) is 14. The van der Waals surface area contributed by atoms with Gasteiger partial charge in [0, 0.05) is 40.3 Å². The van der Waals surface area contributed by atoms with Crippen molar-refractivity contribution in [2.45, 2.75) is 63.8 Å². The van der Waals surface area contributed by atoms with Crippen molar-refractivity contribution in [1.82, 2.24) is 70.0 Å². The zero-order chi connectivity index (χ0) is 60.2. The van der Waals surface area contributed by atoms with Crippen LogP contribution >= 0.6 is 0 Å². The van der Waals surface area contributed by atoms with Crippen LogP contribution in [0.3, 0.4) is 0 Å². The number of nitrogens with two attached hydrogens (primary N) is 2. The number of halogens is 2. The van der Waals surface area contributed by atoms with Crippen molar-refractivity contribution >= 4 is 85.4 Å². The molecule has 5 unspecified atom stereocenters. The third kappa shape index (κ3) is 10.7. The molecule has 0 bridgehead atoms. The van der Waals surface area contributed by atoms with Gasteiger partial charge in [0.25, 0.3) is 17.7 Å². The predicted octanol–water partition coefficient (Wildman–Crippen LogP) is 3.72. The van der Waals surface area contributed by atoms with Gasteiger partial charge >= 0.3 is 0 Å². The van der Waals surface area contributed by atoms with Crippen molar-refractivity contribution in [2.75, 3.05) is 23.7 Å². The standard InChI is InChI=1S/C57H48F2N20O8/c1-28-65-57(86-72-28)50-54(74-87-73-50)69-56(85)44-20-36(59)25-77(44)46(81)27-79-42-11-9-31(18-38(42)48(71-79)52(61)83)34-13-15-75(64-22-34)23-29-4-2-5-32(16-29)53-66-39-6-3-7-40(49(39)68-53)67-55(84)43-19-35(58)24-76(43)45(80)26-78-41-10-8-30(33-12-14-62-63-21-33)17-37(41)47(70-78)51(60)82/h2-18,21-22,35-36,43-44,75H,19-20,23-27H2,1H3,(H7,60,61,62,63,65,66,67,68,69,70,71,72,73,74,82,83,84,85). The summed E-state index contributed by atoms with van der Waals surface area (Å²) in [6.07, 6.45) is 5.01. The fourth-order valence-corrected chi connectivity index (χ4v) is 11.1. The highest BCUT2D eigenvalue weighted by Crippen LogP contribution is 2.33.